The number of thioether (sulfide) groups is 1. The number of rotatable bonds is 3. The maximum atomic E-state index is 10.9. The van der Waals surface area contributed by atoms with Crippen LogP contribution in [0.15, 0.2) is 21.8 Å². The summed E-state index contributed by atoms with van der Waals surface area (Å²) in [6, 6.07) is 1.74. The van der Waals surface area contributed by atoms with Crippen LogP contribution in [0.2, 0.25) is 0 Å². The number of esters is 1. The molecule has 1 rings (SSSR count). The van der Waals surface area contributed by atoms with Gasteiger partial charge < -0.3 is 10.5 Å². The molecular weight excluding hydrogens is 268 g/mol. The Balaban J connectivity index is 2.63. The van der Waals surface area contributed by atoms with E-state index in [9.17, 15) is 4.79 Å². The van der Waals surface area contributed by atoms with Gasteiger partial charge in [0, 0.05) is 0 Å². The zero-order valence-electron chi connectivity index (χ0n) is 7.49. The predicted molar refractivity (Wildman–Crippen MR) is 59.1 cm³/mol. The van der Waals surface area contributed by atoms with Gasteiger partial charge in [-0.3, -0.25) is 4.79 Å². The maximum absolute atomic E-state index is 10.9. The average Bonchev–Trinajstić information content (AvgIpc) is 2.16. The summed E-state index contributed by atoms with van der Waals surface area (Å²) in [7, 11) is 1.36. The molecule has 0 aliphatic carbocycles. The topological polar surface area (TPSA) is 65.2 Å². The van der Waals surface area contributed by atoms with Gasteiger partial charge in [0.25, 0.3) is 0 Å². The van der Waals surface area contributed by atoms with Crippen LogP contribution in [-0.2, 0) is 9.53 Å². The van der Waals surface area contributed by atoms with Crippen molar-refractivity contribution in [1.29, 1.82) is 0 Å². The molecule has 0 bridgehead atoms. The first-order valence-corrected chi connectivity index (χ1v) is 5.52. The zero-order chi connectivity index (χ0) is 10.6. The lowest BCUT2D eigenvalue weighted by Gasteiger charge is -2.02. The molecular formula is C8H9BrN2O2S. The van der Waals surface area contributed by atoms with Gasteiger partial charge in [-0.2, -0.15) is 0 Å². The Labute approximate surface area is 94.4 Å². The molecule has 2 N–H and O–H groups in total. The third-order valence-corrected chi connectivity index (χ3v) is 3.23. The van der Waals surface area contributed by atoms with Crippen molar-refractivity contribution in [2.75, 3.05) is 18.6 Å². The minimum absolute atomic E-state index is 0.242. The molecule has 14 heavy (non-hydrogen) atoms. The molecule has 1 aromatic rings. The van der Waals surface area contributed by atoms with Crippen molar-refractivity contribution in [2.24, 2.45) is 0 Å². The number of aromatic nitrogens is 1. The number of hydrogen-bond donors (Lipinski definition) is 1. The van der Waals surface area contributed by atoms with Crippen LogP contribution in [0.3, 0.4) is 0 Å². The van der Waals surface area contributed by atoms with E-state index >= 15 is 0 Å². The van der Waals surface area contributed by atoms with E-state index in [-0.39, 0.29) is 11.7 Å². The number of carbonyl (C=O) groups is 1. The molecule has 0 saturated carbocycles. The number of anilines is 1. The van der Waals surface area contributed by atoms with E-state index in [1.807, 2.05) is 0 Å². The summed E-state index contributed by atoms with van der Waals surface area (Å²) in [6.45, 7) is 0. The maximum Gasteiger partial charge on any atom is 0.316 e. The second kappa shape index (κ2) is 5.21. The number of nitrogen functional groups attached to an aromatic ring is 1. The van der Waals surface area contributed by atoms with Crippen molar-refractivity contribution in [3.8, 4) is 0 Å². The Morgan fingerprint density at radius 2 is 2.50 bits per heavy atom. The third kappa shape index (κ3) is 3.19. The highest BCUT2D eigenvalue weighted by molar-refractivity contribution is 9.10. The molecule has 6 heteroatoms. The molecule has 0 unspecified atom stereocenters. The molecule has 1 heterocycles. The fourth-order valence-electron chi connectivity index (χ4n) is 0.733. The molecule has 0 aromatic carbocycles. The lowest BCUT2D eigenvalue weighted by Crippen LogP contribution is -2.03. The van der Waals surface area contributed by atoms with Gasteiger partial charge in [-0.05, 0) is 22.0 Å². The van der Waals surface area contributed by atoms with E-state index in [0.717, 1.165) is 9.50 Å². The van der Waals surface area contributed by atoms with Gasteiger partial charge in [-0.25, -0.2) is 4.98 Å². The summed E-state index contributed by atoms with van der Waals surface area (Å²) in [4.78, 5) is 14.9. The summed E-state index contributed by atoms with van der Waals surface area (Å²) < 4.78 is 5.29. The Morgan fingerprint density at radius 3 is 3.07 bits per heavy atom. The molecule has 1 aromatic heterocycles. The van der Waals surface area contributed by atoms with Crippen LogP contribution in [-0.4, -0.2) is 23.8 Å². The number of nitrogens with two attached hydrogens (primary N) is 1. The van der Waals surface area contributed by atoms with Crippen LogP contribution >= 0.6 is 27.7 Å². The molecule has 4 nitrogen and oxygen atoms in total. The summed E-state index contributed by atoms with van der Waals surface area (Å²) >= 11 is 4.60. The van der Waals surface area contributed by atoms with E-state index in [4.69, 9.17) is 5.73 Å². The Hall–Kier alpha value is -0.750. The van der Waals surface area contributed by atoms with Crippen molar-refractivity contribution >= 4 is 39.3 Å². The van der Waals surface area contributed by atoms with Gasteiger partial charge in [-0.1, -0.05) is 11.8 Å². The van der Waals surface area contributed by atoms with Crippen molar-refractivity contribution in [1.82, 2.24) is 4.98 Å². The van der Waals surface area contributed by atoms with Crippen molar-refractivity contribution < 1.29 is 9.53 Å². The SMILES string of the molecule is COC(=O)CSc1ncc(N)cc1Br. The quantitative estimate of drug-likeness (QED) is 0.672. The van der Waals surface area contributed by atoms with Crippen LogP contribution in [0.5, 0.6) is 0 Å². The Kier molecular flexibility index (Phi) is 4.21. The summed E-state index contributed by atoms with van der Waals surface area (Å²) in [6.07, 6.45) is 1.55. The van der Waals surface area contributed by atoms with Crippen LogP contribution in [0.1, 0.15) is 0 Å². The average molecular weight is 277 g/mol. The molecule has 0 fully saturated rings. The third-order valence-electron chi connectivity index (χ3n) is 1.38. The highest BCUT2D eigenvalue weighted by Gasteiger charge is 2.06. The first-order chi connectivity index (χ1) is 6.63. The smallest absolute Gasteiger partial charge is 0.316 e. The molecule has 0 saturated heterocycles. The van der Waals surface area contributed by atoms with Gasteiger partial charge in [-0.15, -0.1) is 0 Å². The lowest BCUT2D eigenvalue weighted by molar-refractivity contribution is -0.137. The van der Waals surface area contributed by atoms with E-state index < -0.39 is 0 Å². The number of carbonyl (C=O) groups excluding carboxylic acids is 1. The van der Waals surface area contributed by atoms with E-state index in [0.29, 0.717) is 5.69 Å². The molecule has 0 radical (unpaired) electrons. The first-order valence-electron chi connectivity index (χ1n) is 3.74. The van der Waals surface area contributed by atoms with Gasteiger partial charge >= 0.3 is 5.97 Å². The Bertz CT molecular complexity index is 346. The molecule has 0 aliphatic rings. The monoisotopic (exact) mass is 276 g/mol. The number of nitrogens with zero attached hydrogens (tertiary/aromatic N) is 1. The summed E-state index contributed by atoms with van der Waals surface area (Å²) in [5.74, 6) is -0.0352. The second-order valence-electron chi connectivity index (χ2n) is 2.42. The minimum atomic E-state index is -0.277. The van der Waals surface area contributed by atoms with Gasteiger partial charge in [0.1, 0.15) is 5.03 Å². The van der Waals surface area contributed by atoms with Crippen molar-refractivity contribution in [3.05, 3.63) is 16.7 Å². The first kappa shape index (κ1) is 11.3. The van der Waals surface area contributed by atoms with E-state index in [1.165, 1.54) is 18.9 Å². The Morgan fingerprint density at radius 1 is 1.79 bits per heavy atom. The van der Waals surface area contributed by atoms with Crippen molar-refractivity contribution in [3.63, 3.8) is 0 Å². The largest absolute Gasteiger partial charge is 0.468 e. The van der Waals surface area contributed by atoms with Crippen LogP contribution < -0.4 is 5.73 Å². The zero-order valence-corrected chi connectivity index (χ0v) is 9.89. The highest BCUT2D eigenvalue weighted by atomic mass is 79.9. The van der Waals surface area contributed by atoms with Gasteiger partial charge in [0.15, 0.2) is 0 Å². The normalized spacial score (nSPS) is 9.86. The molecule has 76 valence electrons. The second-order valence-corrected chi connectivity index (χ2v) is 4.24. The number of methoxy groups -OCH3 is 1. The van der Waals surface area contributed by atoms with Gasteiger partial charge in [0.05, 0.1) is 29.2 Å². The number of ether oxygens (including phenoxy) is 1. The molecule has 0 aliphatic heterocycles. The summed E-state index contributed by atoms with van der Waals surface area (Å²) in [5.41, 5.74) is 6.10. The molecule has 0 spiro atoms. The van der Waals surface area contributed by atoms with Crippen LogP contribution in [0.25, 0.3) is 0 Å². The fraction of sp³-hybridized carbons (Fsp3) is 0.250. The van der Waals surface area contributed by atoms with Crippen LogP contribution in [0, 0.1) is 0 Å². The highest BCUT2D eigenvalue weighted by Crippen LogP contribution is 2.26. The van der Waals surface area contributed by atoms with Gasteiger partial charge in [0.2, 0.25) is 0 Å². The number of hydrogen-bond acceptors (Lipinski definition) is 5. The van der Waals surface area contributed by atoms with E-state index in [1.54, 1.807) is 12.3 Å². The molecule has 0 amide bonds. The summed E-state index contributed by atoms with van der Waals surface area (Å²) in [5, 5.41) is 0.726. The lowest BCUT2D eigenvalue weighted by atomic mass is 10.4. The minimum Gasteiger partial charge on any atom is -0.468 e. The number of halogens is 1. The fourth-order valence-corrected chi connectivity index (χ4v) is 2.14. The number of pyridine rings is 1. The van der Waals surface area contributed by atoms with Crippen molar-refractivity contribution in [2.45, 2.75) is 5.03 Å². The predicted octanol–water partition coefficient (Wildman–Crippen LogP) is 1.69. The van der Waals surface area contributed by atoms with E-state index in [2.05, 4.69) is 25.7 Å². The van der Waals surface area contributed by atoms with Crippen LogP contribution in [0.4, 0.5) is 5.69 Å². The molecule has 0 atom stereocenters. The standard InChI is InChI=1S/C8H9BrN2O2S/c1-13-7(12)4-14-8-6(9)2-5(10)3-11-8/h2-3H,4,10H2,1H3.